The molecule has 0 aliphatic heterocycles. The largest absolute Gasteiger partial charge is 0.206 e. The molecule has 0 N–H and O–H groups in total. The monoisotopic (exact) mass is 242 g/mol. The molecule has 2 rings (SSSR count). The minimum Gasteiger partial charge on any atom is -0.206 e. The summed E-state index contributed by atoms with van der Waals surface area (Å²) in [5.41, 5.74) is 0.455. The van der Waals surface area contributed by atoms with E-state index < -0.39 is 17.5 Å². The van der Waals surface area contributed by atoms with E-state index in [1.807, 2.05) is 0 Å². The second-order valence-corrected chi connectivity index (χ2v) is 3.69. The second-order valence-electron chi connectivity index (χ2n) is 3.25. The van der Waals surface area contributed by atoms with Crippen LogP contribution in [0.1, 0.15) is 0 Å². The summed E-state index contributed by atoms with van der Waals surface area (Å²) in [6.07, 6.45) is 0. The van der Waals surface area contributed by atoms with Gasteiger partial charge < -0.3 is 0 Å². The van der Waals surface area contributed by atoms with Gasteiger partial charge in [-0.3, -0.25) is 0 Å². The van der Waals surface area contributed by atoms with Crippen molar-refractivity contribution in [2.75, 3.05) is 0 Å². The Kier molecular flexibility index (Phi) is 2.88. The first-order chi connectivity index (χ1) is 7.58. The van der Waals surface area contributed by atoms with E-state index >= 15 is 0 Å². The van der Waals surface area contributed by atoms with Crippen LogP contribution < -0.4 is 0 Å². The molecule has 0 amide bonds. The molecule has 0 aliphatic rings. The van der Waals surface area contributed by atoms with Crippen LogP contribution in [0.15, 0.2) is 36.4 Å². The molecule has 4 heteroatoms. The summed E-state index contributed by atoms with van der Waals surface area (Å²) in [6.45, 7) is 0. The quantitative estimate of drug-likeness (QED) is 0.694. The van der Waals surface area contributed by atoms with E-state index in [0.717, 1.165) is 18.2 Å². The Morgan fingerprint density at radius 1 is 0.750 bits per heavy atom. The van der Waals surface area contributed by atoms with Gasteiger partial charge in [-0.2, -0.15) is 0 Å². The second kappa shape index (κ2) is 4.18. The van der Waals surface area contributed by atoms with Gasteiger partial charge in [-0.25, -0.2) is 13.2 Å². The molecule has 2 aromatic carbocycles. The van der Waals surface area contributed by atoms with Gasteiger partial charge in [0.1, 0.15) is 5.82 Å². The minimum absolute atomic E-state index is 0.184. The van der Waals surface area contributed by atoms with Crippen molar-refractivity contribution in [3.8, 4) is 11.1 Å². The molecule has 0 saturated carbocycles. The van der Waals surface area contributed by atoms with Crippen molar-refractivity contribution >= 4 is 11.6 Å². The van der Waals surface area contributed by atoms with Gasteiger partial charge in [0.25, 0.3) is 0 Å². The van der Waals surface area contributed by atoms with Crippen molar-refractivity contribution in [3.63, 3.8) is 0 Å². The fourth-order valence-corrected chi connectivity index (χ4v) is 1.55. The number of halogens is 4. The lowest BCUT2D eigenvalue weighted by molar-refractivity contribution is 0.509. The first kappa shape index (κ1) is 11.0. The Hall–Kier alpha value is -1.48. The van der Waals surface area contributed by atoms with E-state index in [4.69, 9.17) is 11.6 Å². The fourth-order valence-electron chi connectivity index (χ4n) is 1.39. The van der Waals surface area contributed by atoms with Crippen molar-refractivity contribution in [1.82, 2.24) is 0 Å². The predicted octanol–water partition coefficient (Wildman–Crippen LogP) is 4.42. The smallest absolute Gasteiger partial charge is 0.159 e. The van der Waals surface area contributed by atoms with Crippen molar-refractivity contribution in [2.24, 2.45) is 0 Å². The molecule has 0 radical (unpaired) electrons. The van der Waals surface area contributed by atoms with Crippen LogP contribution in [0.25, 0.3) is 11.1 Å². The van der Waals surface area contributed by atoms with Gasteiger partial charge in [-0.1, -0.05) is 17.7 Å². The fraction of sp³-hybridized carbons (Fsp3) is 0. The molecule has 82 valence electrons. The zero-order chi connectivity index (χ0) is 11.7. The third kappa shape index (κ3) is 2.04. The van der Waals surface area contributed by atoms with Crippen LogP contribution in [0.2, 0.25) is 5.02 Å². The third-order valence-corrected chi connectivity index (χ3v) is 2.40. The van der Waals surface area contributed by atoms with E-state index in [2.05, 4.69) is 0 Å². The average Bonchev–Trinajstić information content (AvgIpc) is 2.22. The van der Waals surface area contributed by atoms with Gasteiger partial charge in [-0.15, -0.1) is 0 Å². The molecule has 0 aliphatic carbocycles. The topological polar surface area (TPSA) is 0 Å². The lowest BCUT2D eigenvalue weighted by atomic mass is 10.1. The molecule has 0 saturated heterocycles. The van der Waals surface area contributed by atoms with Gasteiger partial charge in [0.15, 0.2) is 11.6 Å². The van der Waals surface area contributed by atoms with Gasteiger partial charge in [0.2, 0.25) is 0 Å². The number of hydrogen-bond donors (Lipinski definition) is 0. The highest BCUT2D eigenvalue weighted by molar-refractivity contribution is 6.30. The summed E-state index contributed by atoms with van der Waals surface area (Å²) in [7, 11) is 0. The van der Waals surface area contributed by atoms with E-state index in [1.165, 1.54) is 18.2 Å². The number of hydrogen-bond acceptors (Lipinski definition) is 0. The Morgan fingerprint density at radius 2 is 1.50 bits per heavy atom. The lowest BCUT2D eigenvalue weighted by Crippen LogP contribution is -1.88. The molecule has 0 atom stereocenters. The van der Waals surface area contributed by atoms with E-state index in [-0.39, 0.29) is 16.1 Å². The molecule has 0 aromatic heterocycles. The Morgan fingerprint density at radius 3 is 2.12 bits per heavy atom. The zero-order valence-corrected chi connectivity index (χ0v) is 8.73. The van der Waals surface area contributed by atoms with Crippen LogP contribution in [-0.2, 0) is 0 Å². The summed E-state index contributed by atoms with van der Waals surface area (Å²) in [5, 5.41) is 0.254. The molecule has 0 unspecified atom stereocenters. The van der Waals surface area contributed by atoms with Crippen LogP contribution in [-0.4, -0.2) is 0 Å². The van der Waals surface area contributed by atoms with Gasteiger partial charge >= 0.3 is 0 Å². The standard InChI is InChI=1S/C12H6ClF3/c13-8-2-3-9(11(15)6-8)7-1-4-10(14)12(16)5-7/h1-6H. The van der Waals surface area contributed by atoms with Crippen molar-refractivity contribution in [2.45, 2.75) is 0 Å². The van der Waals surface area contributed by atoms with Crippen molar-refractivity contribution in [1.29, 1.82) is 0 Å². The summed E-state index contributed by atoms with van der Waals surface area (Å²) < 4.78 is 39.1. The van der Waals surface area contributed by atoms with Crippen LogP contribution in [0.3, 0.4) is 0 Å². The highest BCUT2D eigenvalue weighted by atomic mass is 35.5. The van der Waals surface area contributed by atoms with E-state index in [9.17, 15) is 13.2 Å². The normalized spacial score (nSPS) is 10.5. The summed E-state index contributed by atoms with van der Waals surface area (Å²) in [6, 6.07) is 7.24. The highest BCUT2D eigenvalue weighted by Crippen LogP contribution is 2.26. The van der Waals surface area contributed by atoms with Gasteiger partial charge in [0, 0.05) is 10.6 Å². The molecule has 2 aromatic rings. The predicted molar refractivity (Wildman–Crippen MR) is 56.8 cm³/mol. The SMILES string of the molecule is Fc1ccc(-c2ccc(Cl)cc2F)cc1F. The average molecular weight is 243 g/mol. The lowest BCUT2D eigenvalue weighted by Gasteiger charge is -2.04. The summed E-state index contributed by atoms with van der Waals surface area (Å²) >= 11 is 5.59. The first-order valence-electron chi connectivity index (χ1n) is 4.48. The van der Waals surface area contributed by atoms with Crippen LogP contribution in [0.5, 0.6) is 0 Å². The molecule has 0 nitrogen and oxygen atoms in total. The van der Waals surface area contributed by atoms with Gasteiger partial charge in [0.05, 0.1) is 0 Å². The third-order valence-electron chi connectivity index (χ3n) is 2.16. The van der Waals surface area contributed by atoms with Crippen molar-refractivity contribution < 1.29 is 13.2 Å². The van der Waals surface area contributed by atoms with E-state index in [1.54, 1.807) is 0 Å². The molecule has 16 heavy (non-hydrogen) atoms. The zero-order valence-electron chi connectivity index (χ0n) is 7.98. The van der Waals surface area contributed by atoms with Crippen LogP contribution in [0, 0.1) is 17.5 Å². The Bertz CT molecular complexity index is 538. The maximum absolute atomic E-state index is 13.5. The summed E-state index contributed by atoms with van der Waals surface area (Å²) in [5.74, 6) is -2.54. The van der Waals surface area contributed by atoms with Gasteiger partial charge in [-0.05, 0) is 35.9 Å². The Labute approximate surface area is 95.3 Å². The maximum atomic E-state index is 13.5. The maximum Gasteiger partial charge on any atom is 0.159 e. The van der Waals surface area contributed by atoms with Crippen molar-refractivity contribution in [3.05, 3.63) is 58.9 Å². The highest BCUT2D eigenvalue weighted by Gasteiger charge is 2.08. The Balaban J connectivity index is 2.54. The van der Waals surface area contributed by atoms with Crippen LogP contribution in [0.4, 0.5) is 13.2 Å². The molecule has 0 fully saturated rings. The molecule has 0 bridgehead atoms. The molecule has 0 heterocycles. The number of rotatable bonds is 1. The number of benzene rings is 2. The van der Waals surface area contributed by atoms with E-state index in [0.29, 0.717) is 0 Å². The molecular formula is C12H6ClF3. The minimum atomic E-state index is -1.01. The first-order valence-corrected chi connectivity index (χ1v) is 4.86. The molecular weight excluding hydrogens is 237 g/mol. The summed E-state index contributed by atoms with van der Waals surface area (Å²) in [4.78, 5) is 0. The molecule has 0 spiro atoms. The van der Waals surface area contributed by atoms with Crippen LogP contribution >= 0.6 is 11.6 Å².